The van der Waals surface area contributed by atoms with Crippen LogP contribution in [-0.2, 0) is 19.1 Å². The van der Waals surface area contributed by atoms with E-state index in [2.05, 4.69) is 5.32 Å². The van der Waals surface area contributed by atoms with Gasteiger partial charge in [0.2, 0.25) is 11.4 Å². The van der Waals surface area contributed by atoms with Gasteiger partial charge < -0.3 is 10.1 Å². The number of alkyl halides is 1. The van der Waals surface area contributed by atoms with Gasteiger partial charge in [-0.25, -0.2) is 4.79 Å². The molecule has 0 aromatic carbocycles. The molecule has 4 atom stereocenters. The van der Waals surface area contributed by atoms with Crippen molar-refractivity contribution >= 4 is 29.3 Å². The van der Waals surface area contributed by atoms with Gasteiger partial charge >= 0.3 is 5.97 Å². The first kappa shape index (κ1) is 13.6. The van der Waals surface area contributed by atoms with Crippen molar-refractivity contribution in [3.05, 3.63) is 12.2 Å². The normalized spacial score (nSPS) is 38.8. The van der Waals surface area contributed by atoms with Gasteiger partial charge in [0.15, 0.2) is 11.9 Å². The summed E-state index contributed by atoms with van der Waals surface area (Å²) in [5.74, 6) is -1.71. The Morgan fingerprint density at radius 3 is 2.90 bits per heavy atom. The van der Waals surface area contributed by atoms with Crippen molar-refractivity contribution < 1.29 is 19.1 Å². The van der Waals surface area contributed by atoms with Crippen LogP contribution in [-0.4, -0.2) is 35.2 Å². The molecule has 0 aromatic rings. The number of ketones is 1. The molecule has 1 N–H and O–H groups in total. The Kier molecular flexibility index (Phi) is 3.32. The number of ether oxygens (including phenoxy) is 1. The summed E-state index contributed by atoms with van der Waals surface area (Å²) in [4.78, 5) is 36.6. The van der Waals surface area contributed by atoms with Crippen molar-refractivity contribution in [2.75, 3.05) is 5.88 Å². The molecule has 1 unspecified atom stereocenters. The first-order valence-electron chi connectivity index (χ1n) is 6.91. The van der Waals surface area contributed by atoms with Gasteiger partial charge in [-0.05, 0) is 25.7 Å². The van der Waals surface area contributed by atoms with Gasteiger partial charge in [-0.2, -0.15) is 0 Å². The number of fused-ring (bicyclic) bond motifs is 1. The smallest absolute Gasteiger partial charge is 0.344 e. The highest BCUT2D eigenvalue weighted by molar-refractivity contribution is 6.20. The fourth-order valence-corrected chi connectivity index (χ4v) is 3.55. The van der Waals surface area contributed by atoms with E-state index in [1.807, 2.05) is 12.2 Å². The van der Waals surface area contributed by atoms with Crippen molar-refractivity contribution in [1.82, 2.24) is 5.32 Å². The maximum absolute atomic E-state index is 12.7. The van der Waals surface area contributed by atoms with E-state index >= 15 is 0 Å². The van der Waals surface area contributed by atoms with E-state index in [-0.39, 0.29) is 17.6 Å². The SMILES string of the molecule is O=C1N[C@@]2(C(=O)C3C=CCCC3)C(=O)O[C@H]2[C@H]1CCCl. The standard InChI is InChI=1S/C14H16ClNO4/c15-7-6-9-11-14(13(19)20-11,16-12(9)18)10(17)8-4-2-1-3-5-8/h2,4,8-9,11H,1,3,5-7H2,(H,16,18)/t8?,9-,11+,14-/m1/s1. The number of carbonyl (C=O) groups excluding carboxylic acids is 3. The quantitative estimate of drug-likeness (QED) is 0.363. The average molecular weight is 298 g/mol. The lowest BCUT2D eigenvalue weighted by Crippen LogP contribution is -2.72. The summed E-state index contributed by atoms with van der Waals surface area (Å²) in [6, 6.07) is 0. The molecule has 3 rings (SSSR count). The zero-order valence-corrected chi connectivity index (χ0v) is 11.7. The Balaban J connectivity index is 1.88. The number of esters is 1. The van der Waals surface area contributed by atoms with Crippen molar-refractivity contribution in [2.24, 2.45) is 11.8 Å². The largest absolute Gasteiger partial charge is 0.456 e. The van der Waals surface area contributed by atoms with Crippen molar-refractivity contribution in [3.8, 4) is 0 Å². The Bertz CT molecular complexity index is 503. The van der Waals surface area contributed by atoms with Crippen LogP contribution in [0.3, 0.4) is 0 Å². The second kappa shape index (κ2) is 4.88. The fourth-order valence-electron chi connectivity index (χ4n) is 3.31. The highest BCUT2D eigenvalue weighted by Gasteiger charge is 2.72. The van der Waals surface area contributed by atoms with E-state index in [1.165, 1.54) is 0 Å². The summed E-state index contributed by atoms with van der Waals surface area (Å²) in [6.07, 6.45) is 6.09. The molecule has 2 heterocycles. The summed E-state index contributed by atoms with van der Waals surface area (Å²) >= 11 is 5.68. The molecule has 6 heteroatoms. The first-order chi connectivity index (χ1) is 9.61. The zero-order chi connectivity index (χ0) is 14.3. The molecule has 20 heavy (non-hydrogen) atoms. The molecule has 0 bridgehead atoms. The van der Waals surface area contributed by atoms with Crippen LogP contribution >= 0.6 is 11.6 Å². The summed E-state index contributed by atoms with van der Waals surface area (Å²) < 4.78 is 5.09. The summed E-state index contributed by atoms with van der Waals surface area (Å²) in [5, 5.41) is 2.59. The molecule has 5 nitrogen and oxygen atoms in total. The molecule has 0 radical (unpaired) electrons. The second-order valence-corrected chi connectivity index (χ2v) is 5.92. The first-order valence-corrected chi connectivity index (χ1v) is 7.44. The average Bonchev–Trinajstić information content (AvgIpc) is 2.69. The molecule has 0 spiro atoms. The molecule has 2 aliphatic heterocycles. The van der Waals surface area contributed by atoms with E-state index in [4.69, 9.17) is 16.3 Å². The highest BCUT2D eigenvalue weighted by Crippen LogP contribution is 2.43. The molecule has 0 aromatic heterocycles. The predicted octanol–water partition coefficient (Wildman–Crippen LogP) is 0.951. The van der Waals surface area contributed by atoms with Gasteiger partial charge in [0, 0.05) is 11.8 Å². The molecule has 2 saturated heterocycles. The number of amides is 1. The Labute approximate surface area is 121 Å². The molecule has 3 aliphatic rings. The van der Waals surface area contributed by atoms with Gasteiger partial charge in [0.05, 0.1) is 5.92 Å². The van der Waals surface area contributed by atoms with E-state index in [0.717, 1.165) is 12.8 Å². The van der Waals surface area contributed by atoms with Crippen LogP contribution in [0.15, 0.2) is 12.2 Å². The number of carbonyl (C=O) groups is 3. The van der Waals surface area contributed by atoms with Gasteiger partial charge in [-0.3, -0.25) is 9.59 Å². The number of nitrogens with one attached hydrogen (secondary N) is 1. The third-order valence-electron chi connectivity index (χ3n) is 4.41. The lowest BCUT2D eigenvalue weighted by Gasteiger charge is -2.42. The minimum atomic E-state index is -1.46. The minimum absolute atomic E-state index is 0.236. The maximum atomic E-state index is 12.7. The minimum Gasteiger partial charge on any atom is -0.456 e. The summed E-state index contributed by atoms with van der Waals surface area (Å²) in [6.45, 7) is 0. The molecular weight excluding hydrogens is 282 g/mol. The van der Waals surface area contributed by atoms with E-state index in [9.17, 15) is 14.4 Å². The molecule has 108 valence electrons. The number of allylic oxidation sites excluding steroid dienone is 2. The van der Waals surface area contributed by atoms with Crippen molar-refractivity contribution in [3.63, 3.8) is 0 Å². The fraction of sp³-hybridized carbons (Fsp3) is 0.643. The van der Waals surface area contributed by atoms with Gasteiger partial charge in [0.25, 0.3) is 0 Å². The van der Waals surface area contributed by atoms with Crippen LogP contribution in [0, 0.1) is 11.8 Å². The predicted molar refractivity (Wildman–Crippen MR) is 71.1 cm³/mol. The van der Waals surface area contributed by atoms with E-state index in [0.29, 0.717) is 18.7 Å². The molecule has 0 saturated carbocycles. The molecule has 2 fully saturated rings. The number of hydrogen-bond acceptors (Lipinski definition) is 4. The Morgan fingerprint density at radius 1 is 1.50 bits per heavy atom. The number of hydrogen-bond donors (Lipinski definition) is 1. The number of Topliss-reactive ketones (excluding diaryl/α,β-unsaturated/α-hetero) is 1. The van der Waals surface area contributed by atoms with Gasteiger partial charge in [-0.15, -0.1) is 11.6 Å². The van der Waals surface area contributed by atoms with Crippen LogP contribution in [0.4, 0.5) is 0 Å². The third kappa shape index (κ3) is 1.72. The van der Waals surface area contributed by atoms with Crippen molar-refractivity contribution in [1.29, 1.82) is 0 Å². The third-order valence-corrected chi connectivity index (χ3v) is 4.62. The van der Waals surface area contributed by atoms with Crippen LogP contribution in [0.25, 0.3) is 0 Å². The lowest BCUT2D eigenvalue weighted by atomic mass is 9.74. The topological polar surface area (TPSA) is 72.5 Å². The van der Waals surface area contributed by atoms with Gasteiger partial charge in [-0.1, -0.05) is 12.2 Å². The van der Waals surface area contributed by atoms with Crippen LogP contribution in [0.1, 0.15) is 25.7 Å². The van der Waals surface area contributed by atoms with Crippen LogP contribution in [0.2, 0.25) is 0 Å². The van der Waals surface area contributed by atoms with Crippen LogP contribution < -0.4 is 5.32 Å². The van der Waals surface area contributed by atoms with Crippen LogP contribution in [0.5, 0.6) is 0 Å². The van der Waals surface area contributed by atoms with Crippen molar-refractivity contribution in [2.45, 2.75) is 37.3 Å². The number of halogens is 1. The highest BCUT2D eigenvalue weighted by atomic mass is 35.5. The number of rotatable bonds is 4. The molecular formula is C14H16ClNO4. The monoisotopic (exact) mass is 297 g/mol. The summed E-state index contributed by atoms with van der Waals surface area (Å²) in [7, 11) is 0. The van der Waals surface area contributed by atoms with E-state index in [1.54, 1.807) is 0 Å². The lowest BCUT2D eigenvalue weighted by molar-refractivity contribution is -0.193. The maximum Gasteiger partial charge on any atom is 0.344 e. The van der Waals surface area contributed by atoms with Gasteiger partial charge in [0.1, 0.15) is 0 Å². The summed E-state index contributed by atoms with van der Waals surface area (Å²) in [5.41, 5.74) is -1.46. The Hall–Kier alpha value is -1.36. The second-order valence-electron chi connectivity index (χ2n) is 5.54. The van der Waals surface area contributed by atoms with E-state index < -0.39 is 23.5 Å². The molecule has 1 aliphatic carbocycles. The molecule has 1 amide bonds. The zero-order valence-electron chi connectivity index (χ0n) is 10.9. The Morgan fingerprint density at radius 2 is 2.30 bits per heavy atom.